The molecule has 306 valence electrons. The van der Waals surface area contributed by atoms with Crippen LogP contribution in [0.2, 0.25) is 0 Å². The molecule has 2 aliphatic heterocycles. The molecule has 15 heteroatoms. The second-order valence-electron chi connectivity index (χ2n) is 17.1. The number of carbonyl (C=O) groups excluding carboxylic acids is 4. The van der Waals surface area contributed by atoms with Gasteiger partial charge in [0.25, 0.3) is 5.91 Å². The molecule has 0 radical (unpaired) electrons. The lowest BCUT2D eigenvalue weighted by molar-refractivity contribution is -0.142. The number of allylic oxidation sites excluding steroid dienone is 1. The van der Waals surface area contributed by atoms with Crippen LogP contribution in [0.1, 0.15) is 99.8 Å². The minimum absolute atomic E-state index is 0.0313. The molecule has 3 N–H and O–H groups in total. The lowest BCUT2D eigenvalue weighted by Gasteiger charge is -2.33. The SMILES string of the molecule is CCOc1cc2ccccc2c(O[C@@H]2C[C@H]3C(=O)N[C@]4(C(=O)NS(=O)(=O)C5(CC)CC5)C[C@H]4/C=C\CC[C@@H](C)C[C@@H](C)[C@H](NC(=O)OC(C)(C)C)C(=O)N3C2)n1. The predicted octanol–water partition coefficient (Wildman–Crippen LogP) is 5.15. The summed E-state index contributed by atoms with van der Waals surface area (Å²) in [7, 11) is -4.01. The number of amides is 4. The molecule has 1 saturated heterocycles. The number of aromatic nitrogens is 1. The van der Waals surface area contributed by atoms with Gasteiger partial charge in [-0.05, 0) is 95.9 Å². The van der Waals surface area contributed by atoms with Crippen molar-refractivity contribution < 1.29 is 41.8 Å². The topological polar surface area (TPSA) is 182 Å². The van der Waals surface area contributed by atoms with E-state index in [0.29, 0.717) is 50.0 Å². The van der Waals surface area contributed by atoms with Crippen LogP contribution < -0.4 is 24.8 Å². The van der Waals surface area contributed by atoms with Crippen molar-refractivity contribution in [2.75, 3.05) is 13.2 Å². The molecule has 56 heavy (non-hydrogen) atoms. The highest BCUT2D eigenvalue weighted by atomic mass is 32.2. The largest absolute Gasteiger partial charge is 0.478 e. The van der Waals surface area contributed by atoms with Gasteiger partial charge in [-0.15, -0.1) is 0 Å². The summed E-state index contributed by atoms with van der Waals surface area (Å²) in [6.07, 6.45) is 5.92. The number of sulfonamides is 1. The molecule has 0 unspecified atom stereocenters. The Kier molecular flexibility index (Phi) is 11.7. The molecule has 0 bridgehead atoms. The fraction of sp³-hybridized carbons (Fsp3) is 0.634. The summed E-state index contributed by atoms with van der Waals surface area (Å²) in [6.45, 7) is 13.2. The van der Waals surface area contributed by atoms with Crippen LogP contribution >= 0.6 is 0 Å². The second-order valence-corrected chi connectivity index (χ2v) is 19.2. The van der Waals surface area contributed by atoms with Crippen molar-refractivity contribution in [2.45, 2.75) is 134 Å². The van der Waals surface area contributed by atoms with Crippen molar-refractivity contribution in [1.82, 2.24) is 25.2 Å². The molecular formula is C41H57N5O9S. The maximum atomic E-state index is 14.8. The van der Waals surface area contributed by atoms with Gasteiger partial charge in [0.15, 0.2) is 0 Å². The van der Waals surface area contributed by atoms with Crippen LogP contribution in [0.5, 0.6) is 11.8 Å². The number of hydrogen-bond donors (Lipinski definition) is 3. The molecule has 3 heterocycles. The zero-order valence-corrected chi connectivity index (χ0v) is 34.4. The maximum Gasteiger partial charge on any atom is 0.408 e. The van der Waals surface area contributed by atoms with Crippen molar-refractivity contribution in [3.8, 4) is 11.8 Å². The van der Waals surface area contributed by atoms with E-state index < -0.39 is 73.8 Å². The van der Waals surface area contributed by atoms with E-state index in [1.165, 1.54) is 4.90 Å². The van der Waals surface area contributed by atoms with E-state index in [4.69, 9.17) is 14.2 Å². The number of carbonyl (C=O) groups is 4. The van der Waals surface area contributed by atoms with Crippen molar-refractivity contribution >= 4 is 44.6 Å². The van der Waals surface area contributed by atoms with E-state index in [0.717, 1.165) is 11.8 Å². The second kappa shape index (κ2) is 15.9. The molecule has 2 saturated carbocycles. The van der Waals surface area contributed by atoms with Crippen molar-refractivity contribution in [3.63, 3.8) is 0 Å². The zero-order valence-electron chi connectivity index (χ0n) is 33.6. The average molecular weight is 796 g/mol. The summed E-state index contributed by atoms with van der Waals surface area (Å²) in [5.41, 5.74) is -2.36. The molecule has 1 aromatic heterocycles. The van der Waals surface area contributed by atoms with Gasteiger partial charge in [-0.2, -0.15) is 4.98 Å². The molecular weight excluding hydrogens is 739 g/mol. The highest BCUT2D eigenvalue weighted by molar-refractivity contribution is 7.91. The molecule has 6 rings (SSSR count). The van der Waals surface area contributed by atoms with Gasteiger partial charge in [0, 0.05) is 23.8 Å². The number of fused-ring (bicyclic) bond motifs is 3. The van der Waals surface area contributed by atoms with Crippen molar-refractivity contribution in [1.29, 1.82) is 0 Å². The number of alkyl carbamates (subject to hydrolysis) is 1. The Balaban J connectivity index is 1.36. The summed E-state index contributed by atoms with van der Waals surface area (Å²) in [4.78, 5) is 62.7. The third-order valence-electron chi connectivity index (χ3n) is 11.6. The maximum absolute atomic E-state index is 14.8. The van der Waals surface area contributed by atoms with Gasteiger partial charge >= 0.3 is 6.09 Å². The molecule has 2 aliphatic carbocycles. The van der Waals surface area contributed by atoms with E-state index >= 15 is 0 Å². The molecule has 7 atom stereocenters. The third-order valence-corrected chi connectivity index (χ3v) is 13.9. The van der Waals surface area contributed by atoms with Crippen molar-refractivity contribution in [3.05, 3.63) is 42.5 Å². The minimum Gasteiger partial charge on any atom is -0.478 e. The summed E-state index contributed by atoms with van der Waals surface area (Å²) >= 11 is 0. The van der Waals surface area contributed by atoms with E-state index in [2.05, 4.69) is 27.3 Å². The fourth-order valence-electron chi connectivity index (χ4n) is 8.14. The van der Waals surface area contributed by atoms with Gasteiger partial charge in [0.2, 0.25) is 33.6 Å². The van der Waals surface area contributed by atoms with Gasteiger partial charge < -0.3 is 29.7 Å². The smallest absolute Gasteiger partial charge is 0.408 e. The van der Waals surface area contributed by atoms with E-state index in [9.17, 15) is 27.6 Å². The lowest BCUT2D eigenvalue weighted by Crippen LogP contribution is -2.59. The normalized spacial score (nSPS) is 29.7. The first kappa shape index (κ1) is 41.2. The summed E-state index contributed by atoms with van der Waals surface area (Å²) in [5.74, 6) is -1.92. The van der Waals surface area contributed by atoms with Gasteiger partial charge in [0.05, 0.1) is 17.9 Å². The van der Waals surface area contributed by atoms with Gasteiger partial charge in [-0.1, -0.05) is 51.1 Å². The first-order valence-electron chi connectivity index (χ1n) is 20.0. The van der Waals surface area contributed by atoms with E-state index in [1.54, 1.807) is 27.7 Å². The van der Waals surface area contributed by atoms with E-state index in [-0.39, 0.29) is 37.1 Å². The molecule has 14 nitrogen and oxygen atoms in total. The van der Waals surface area contributed by atoms with Crippen LogP contribution in [0.25, 0.3) is 10.8 Å². The first-order valence-corrected chi connectivity index (χ1v) is 21.4. The summed E-state index contributed by atoms with van der Waals surface area (Å²) < 4.78 is 46.0. The number of rotatable bonds is 9. The van der Waals surface area contributed by atoms with Gasteiger partial charge in [0.1, 0.15) is 29.3 Å². The Hall–Kier alpha value is -4.40. The summed E-state index contributed by atoms with van der Waals surface area (Å²) in [5, 5.41) is 7.29. The van der Waals surface area contributed by atoms with Gasteiger partial charge in [-0.25, -0.2) is 13.2 Å². The molecule has 4 amide bonds. The quantitative estimate of drug-likeness (QED) is 0.287. The Labute approximate surface area is 329 Å². The Morgan fingerprint density at radius 1 is 1.09 bits per heavy atom. The Morgan fingerprint density at radius 3 is 2.50 bits per heavy atom. The minimum atomic E-state index is -4.01. The first-order chi connectivity index (χ1) is 26.4. The number of pyridine rings is 1. The number of hydrogen-bond acceptors (Lipinski definition) is 10. The molecule has 0 spiro atoms. The monoisotopic (exact) mass is 795 g/mol. The van der Waals surface area contributed by atoms with Gasteiger partial charge in [-0.3, -0.25) is 19.1 Å². The molecule has 3 fully saturated rings. The van der Waals surface area contributed by atoms with Crippen molar-refractivity contribution in [2.24, 2.45) is 17.8 Å². The highest BCUT2D eigenvalue weighted by Crippen LogP contribution is 2.49. The van der Waals surface area contributed by atoms with Crippen LogP contribution in [0, 0.1) is 17.8 Å². The molecule has 4 aliphatic rings. The highest BCUT2D eigenvalue weighted by Gasteiger charge is 2.63. The van der Waals surface area contributed by atoms with Crippen LogP contribution in [0.15, 0.2) is 42.5 Å². The number of benzene rings is 1. The number of nitrogens with zero attached hydrogens (tertiary/aromatic N) is 2. The number of nitrogens with one attached hydrogen (secondary N) is 3. The Morgan fingerprint density at radius 2 is 1.82 bits per heavy atom. The number of ether oxygens (including phenoxy) is 3. The fourth-order valence-corrected chi connectivity index (χ4v) is 9.80. The molecule has 2 aromatic rings. The van der Waals surface area contributed by atoms with Crippen LogP contribution in [-0.4, -0.2) is 89.3 Å². The standard InChI is InChI=1S/C41H57N5O9S/c1-8-40(18-19-40)56(51,52)45-37(49)41-23-28(41)16-12-10-14-25(3)20-26(4)33(43-38(50)55-39(5,6)7)36(48)46-24-29(22-31(46)34(47)44-41)54-35-30-17-13-11-15-27(30)21-32(42-35)53-9-2/h11-13,15-17,21,25-26,28-29,31,33H,8-10,14,18-20,22-24H2,1-7H3,(H,43,50)(H,44,47)(H,45,49)/b16-12-/t25-,26-,28-,29-,31+,33+,41-/m1/s1. The van der Waals surface area contributed by atoms with Crippen LogP contribution in [0.3, 0.4) is 0 Å². The average Bonchev–Trinajstić information content (AvgIpc) is 4.03. The third kappa shape index (κ3) is 8.77. The summed E-state index contributed by atoms with van der Waals surface area (Å²) in [6, 6.07) is 7.15. The predicted molar refractivity (Wildman–Crippen MR) is 210 cm³/mol. The van der Waals surface area contributed by atoms with Crippen LogP contribution in [0.4, 0.5) is 4.79 Å². The Bertz CT molecular complexity index is 1980. The molecule has 1 aromatic carbocycles. The zero-order chi connectivity index (χ0) is 40.6. The van der Waals surface area contributed by atoms with E-state index in [1.807, 2.05) is 56.3 Å². The van der Waals surface area contributed by atoms with Crippen LogP contribution in [-0.2, 0) is 29.1 Å². The lowest BCUT2D eigenvalue weighted by atomic mass is 9.88.